The number of anilines is 3. The molecular formula is C29H32FN7O2. The molecule has 0 bridgehead atoms. The molecule has 0 spiro atoms. The molecule has 0 aliphatic carbocycles. The number of nitrogens with one attached hydrogen (secondary N) is 2. The maximum absolute atomic E-state index is 13.7. The summed E-state index contributed by atoms with van der Waals surface area (Å²) in [5.41, 5.74) is 5.64. The van der Waals surface area contributed by atoms with E-state index < -0.39 is 5.60 Å². The van der Waals surface area contributed by atoms with Crippen LogP contribution in [0.4, 0.5) is 21.6 Å². The summed E-state index contributed by atoms with van der Waals surface area (Å²) in [7, 11) is 4.02. The zero-order valence-electron chi connectivity index (χ0n) is 22.3. The fraction of sp³-hybridized carbons (Fsp3) is 0.345. The van der Waals surface area contributed by atoms with Crippen LogP contribution in [0, 0.1) is 5.82 Å². The summed E-state index contributed by atoms with van der Waals surface area (Å²) in [5, 5.41) is 16.7. The van der Waals surface area contributed by atoms with Crippen molar-refractivity contribution >= 4 is 28.7 Å². The molecule has 1 saturated heterocycles. The summed E-state index contributed by atoms with van der Waals surface area (Å²) in [6.07, 6.45) is 4.78. The topological polar surface area (TPSA) is 98.0 Å². The summed E-state index contributed by atoms with van der Waals surface area (Å²) in [5.74, 6) is 0.153. The van der Waals surface area contributed by atoms with Crippen LogP contribution in [0.5, 0.6) is 0 Å². The van der Waals surface area contributed by atoms with Crippen LogP contribution in [0.1, 0.15) is 41.4 Å². The van der Waals surface area contributed by atoms with Gasteiger partial charge in [-0.2, -0.15) is 0 Å². The summed E-state index contributed by atoms with van der Waals surface area (Å²) in [6.45, 7) is 4.49. The minimum atomic E-state index is -0.625. The third-order valence-corrected chi connectivity index (χ3v) is 7.58. The minimum absolute atomic E-state index is 0.153. The summed E-state index contributed by atoms with van der Waals surface area (Å²) < 4.78 is 15.5. The fourth-order valence-electron chi connectivity index (χ4n) is 5.48. The van der Waals surface area contributed by atoms with Crippen molar-refractivity contribution in [3.05, 3.63) is 71.4 Å². The van der Waals surface area contributed by atoms with E-state index in [-0.39, 0.29) is 11.7 Å². The van der Waals surface area contributed by atoms with Gasteiger partial charge in [-0.25, -0.2) is 14.4 Å². The molecule has 1 fully saturated rings. The number of fused-ring (bicyclic) bond motifs is 2. The number of rotatable bonds is 6. The molecule has 1 aromatic carbocycles. The molecule has 9 nitrogen and oxygen atoms in total. The molecule has 3 N–H and O–H groups in total. The Morgan fingerprint density at radius 1 is 1.18 bits per heavy atom. The van der Waals surface area contributed by atoms with Crippen LogP contribution >= 0.6 is 0 Å². The van der Waals surface area contributed by atoms with Gasteiger partial charge in [0.1, 0.15) is 17.3 Å². The second kappa shape index (κ2) is 9.62. The first-order valence-electron chi connectivity index (χ1n) is 13.1. The smallest absolute Gasteiger partial charge is 0.254 e. The first-order valence-corrected chi connectivity index (χ1v) is 13.1. The number of imidazole rings is 1. The normalized spacial score (nSPS) is 16.6. The van der Waals surface area contributed by atoms with Crippen LogP contribution in [0.25, 0.3) is 16.9 Å². The predicted octanol–water partition coefficient (Wildman–Crippen LogP) is 3.94. The van der Waals surface area contributed by atoms with Gasteiger partial charge in [0.2, 0.25) is 0 Å². The lowest BCUT2D eigenvalue weighted by atomic mass is 9.93. The Bertz CT molecular complexity index is 1570. The van der Waals surface area contributed by atoms with E-state index in [1.54, 1.807) is 12.4 Å². The van der Waals surface area contributed by atoms with Crippen molar-refractivity contribution in [1.82, 2.24) is 24.6 Å². The number of hydrogen-bond donors (Lipinski definition) is 3. The third kappa shape index (κ3) is 4.81. The molecule has 2 aliphatic rings. The quantitative estimate of drug-likeness (QED) is 0.348. The van der Waals surface area contributed by atoms with Gasteiger partial charge in [-0.15, -0.1) is 0 Å². The first kappa shape index (κ1) is 25.3. The van der Waals surface area contributed by atoms with Crippen LogP contribution in [0.3, 0.4) is 0 Å². The highest BCUT2D eigenvalue weighted by atomic mass is 19.1. The molecule has 3 aromatic heterocycles. The van der Waals surface area contributed by atoms with E-state index >= 15 is 0 Å². The molecule has 2 aliphatic heterocycles. The molecule has 10 heteroatoms. The van der Waals surface area contributed by atoms with Gasteiger partial charge in [-0.1, -0.05) is 6.07 Å². The monoisotopic (exact) mass is 529 g/mol. The Morgan fingerprint density at radius 3 is 2.74 bits per heavy atom. The van der Waals surface area contributed by atoms with Gasteiger partial charge >= 0.3 is 0 Å². The number of carbonyl (C=O) groups excluding carboxylic acids is 1. The lowest BCUT2D eigenvalue weighted by molar-refractivity contribution is 0.0351. The standard InChI is InChI=1S/C29H32FN7O2/c1-29(39)9-12-36(13-10-29)23-6-7-25(34-22(23)17-35(2)3)33-21-5-4-19(20-15-32-28(38)27(20)21)24-16-31-26-14-18(30)8-11-37(24)26/h4-8,11,14,16,39H,9-10,12-13,15,17H2,1-3H3,(H,32,38)(H,33,34). The molecule has 1 amide bonds. The zero-order chi connectivity index (χ0) is 27.3. The predicted molar refractivity (Wildman–Crippen MR) is 149 cm³/mol. The average Bonchev–Trinajstić information content (AvgIpc) is 3.48. The Labute approximate surface area is 226 Å². The summed E-state index contributed by atoms with van der Waals surface area (Å²) in [4.78, 5) is 26.6. The number of hydrogen-bond acceptors (Lipinski definition) is 7. The van der Waals surface area contributed by atoms with Crippen LogP contribution in [-0.4, -0.2) is 63.1 Å². The number of piperidine rings is 1. The van der Waals surface area contributed by atoms with Crippen LogP contribution < -0.4 is 15.5 Å². The molecule has 39 heavy (non-hydrogen) atoms. The van der Waals surface area contributed by atoms with Crippen molar-refractivity contribution in [3.8, 4) is 11.3 Å². The van der Waals surface area contributed by atoms with E-state index in [1.165, 1.54) is 12.1 Å². The lowest BCUT2D eigenvalue weighted by Crippen LogP contribution is -2.43. The zero-order valence-corrected chi connectivity index (χ0v) is 22.3. The second-order valence-electron chi connectivity index (χ2n) is 10.9. The maximum atomic E-state index is 13.7. The van der Waals surface area contributed by atoms with E-state index in [2.05, 4.69) is 31.5 Å². The number of benzene rings is 1. The van der Waals surface area contributed by atoms with E-state index in [1.807, 2.05) is 43.6 Å². The van der Waals surface area contributed by atoms with Crippen molar-refractivity contribution in [1.29, 1.82) is 0 Å². The van der Waals surface area contributed by atoms with Gasteiger partial charge in [0.25, 0.3) is 5.91 Å². The summed E-state index contributed by atoms with van der Waals surface area (Å²) in [6, 6.07) is 10.6. The number of halogens is 1. The van der Waals surface area contributed by atoms with E-state index in [4.69, 9.17) is 4.98 Å². The SMILES string of the molecule is CN(C)Cc1nc(Nc2ccc(-c3cnc4cc(F)ccn34)c3c2C(=O)NC3)ccc1N1CCC(C)(O)CC1. The van der Waals surface area contributed by atoms with Crippen LogP contribution in [-0.2, 0) is 13.1 Å². The molecule has 0 radical (unpaired) electrons. The van der Waals surface area contributed by atoms with Gasteiger partial charge < -0.3 is 25.5 Å². The number of aliphatic hydroxyl groups is 1. The maximum Gasteiger partial charge on any atom is 0.254 e. The number of carbonyl (C=O) groups is 1. The largest absolute Gasteiger partial charge is 0.390 e. The first-order chi connectivity index (χ1) is 18.7. The number of nitrogens with zero attached hydrogens (tertiary/aromatic N) is 5. The second-order valence-corrected chi connectivity index (χ2v) is 10.9. The van der Waals surface area contributed by atoms with E-state index in [0.717, 1.165) is 41.3 Å². The van der Waals surface area contributed by atoms with Gasteiger partial charge in [-0.05, 0) is 63.7 Å². The number of amides is 1. The lowest BCUT2D eigenvalue weighted by Gasteiger charge is -2.38. The third-order valence-electron chi connectivity index (χ3n) is 7.58. The molecular weight excluding hydrogens is 497 g/mol. The highest BCUT2D eigenvalue weighted by Crippen LogP contribution is 2.36. The van der Waals surface area contributed by atoms with Crippen LogP contribution in [0.15, 0.2) is 48.8 Å². The number of aromatic nitrogens is 3. The van der Waals surface area contributed by atoms with Crippen molar-refractivity contribution < 1.29 is 14.3 Å². The van der Waals surface area contributed by atoms with Crippen molar-refractivity contribution in [2.75, 3.05) is 37.4 Å². The molecule has 6 rings (SSSR count). The van der Waals surface area contributed by atoms with E-state index in [9.17, 15) is 14.3 Å². The molecule has 0 unspecified atom stereocenters. The van der Waals surface area contributed by atoms with Crippen molar-refractivity contribution in [3.63, 3.8) is 0 Å². The number of pyridine rings is 2. The fourth-order valence-corrected chi connectivity index (χ4v) is 5.48. The Kier molecular flexibility index (Phi) is 6.23. The van der Waals surface area contributed by atoms with Crippen molar-refractivity contribution in [2.24, 2.45) is 0 Å². The van der Waals surface area contributed by atoms with E-state index in [0.29, 0.717) is 48.6 Å². The average molecular weight is 530 g/mol. The molecule has 202 valence electrons. The van der Waals surface area contributed by atoms with Gasteiger partial charge in [0.05, 0.1) is 40.1 Å². The minimum Gasteiger partial charge on any atom is -0.390 e. The van der Waals surface area contributed by atoms with Gasteiger partial charge in [0.15, 0.2) is 0 Å². The Morgan fingerprint density at radius 2 is 1.97 bits per heavy atom. The van der Waals surface area contributed by atoms with Gasteiger partial charge in [-0.3, -0.25) is 9.20 Å². The van der Waals surface area contributed by atoms with Crippen LogP contribution in [0.2, 0.25) is 0 Å². The molecule has 5 heterocycles. The Balaban J connectivity index is 1.34. The van der Waals surface area contributed by atoms with Gasteiger partial charge in [0, 0.05) is 44.0 Å². The molecule has 0 saturated carbocycles. The summed E-state index contributed by atoms with van der Waals surface area (Å²) >= 11 is 0. The molecule has 0 atom stereocenters. The Hall–Kier alpha value is -4.02. The molecule has 4 aromatic rings. The van der Waals surface area contributed by atoms with Crippen molar-refractivity contribution in [2.45, 2.75) is 38.5 Å². The highest BCUT2D eigenvalue weighted by molar-refractivity contribution is 6.06. The highest BCUT2D eigenvalue weighted by Gasteiger charge is 2.30.